The molecule has 1 spiro atoms. The van der Waals surface area contributed by atoms with Crippen molar-refractivity contribution in [1.82, 2.24) is 0 Å². The number of carbonyl (C=O) groups is 1. The van der Waals surface area contributed by atoms with Crippen molar-refractivity contribution in [3.8, 4) is 0 Å². The van der Waals surface area contributed by atoms with Gasteiger partial charge in [-0.2, -0.15) is 0 Å². The Morgan fingerprint density at radius 1 is 1.45 bits per heavy atom. The van der Waals surface area contributed by atoms with Crippen LogP contribution < -0.4 is 0 Å². The molecule has 0 aromatic carbocycles. The smallest absolute Gasteiger partial charge is 0.133 e. The molecule has 2 fully saturated rings. The van der Waals surface area contributed by atoms with Crippen LogP contribution in [0.4, 0.5) is 0 Å². The zero-order valence-corrected chi connectivity index (χ0v) is 7.23. The number of Topliss-reactive ketones (excluding diaryl/α,β-unsaturated/α-hetero) is 1. The van der Waals surface area contributed by atoms with E-state index in [-0.39, 0.29) is 0 Å². The van der Waals surface area contributed by atoms with E-state index < -0.39 is 0 Å². The standard InChI is InChI=1S/C10H16O/c1-8-3-2-5-10(8)6-4-9(11)7-10/h8H,2-7H2,1H3/t8-,10-/m0/s1. The van der Waals surface area contributed by atoms with Gasteiger partial charge >= 0.3 is 0 Å². The van der Waals surface area contributed by atoms with Crippen molar-refractivity contribution in [1.29, 1.82) is 0 Å². The molecule has 0 heterocycles. The summed E-state index contributed by atoms with van der Waals surface area (Å²) in [5.41, 5.74) is 0.469. The predicted octanol–water partition coefficient (Wildman–Crippen LogP) is 2.55. The van der Waals surface area contributed by atoms with Crippen LogP contribution in [0.3, 0.4) is 0 Å². The highest BCUT2D eigenvalue weighted by Gasteiger charge is 2.45. The SMILES string of the molecule is C[C@H]1CCC[C@@]12CCC(=O)C2. The van der Waals surface area contributed by atoms with E-state index in [4.69, 9.17) is 0 Å². The number of carbonyl (C=O) groups excluding carboxylic acids is 1. The van der Waals surface area contributed by atoms with Gasteiger partial charge in [0.05, 0.1) is 0 Å². The van der Waals surface area contributed by atoms with E-state index in [1.54, 1.807) is 0 Å². The van der Waals surface area contributed by atoms with Gasteiger partial charge in [0, 0.05) is 12.8 Å². The van der Waals surface area contributed by atoms with Crippen LogP contribution in [-0.4, -0.2) is 5.78 Å². The lowest BCUT2D eigenvalue weighted by atomic mass is 9.77. The average molecular weight is 152 g/mol. The number of hydrogen-bond donors (Lipinski definition) is 0. The molecule has 0 N–H and O–H groups in total. The van der Waals surface area contributed by atoms with Gasteiger partial charge in [-0.15, -0.1) is 0 Å². The largest absolute Gasteiger partial charge is 0.300 e. The zero-order valence-electron chi connectivity index (χ0n) is 7.23. The summed E-state index contributed by atoms with van der Waals surface area (Å²) in [7, 11) is 0. The third-order valence-electron chi connectivity index (χ3n) is 3.81. The van der Waals surface area contributed by atoms with Crippen molar-refractivity contribution in [3.05, 3.63) is 0 Å². The molecule has 0 bridgehead atoms. The van der Waals surface area contributed by atoms with Gasteiger partial charge in [-0.3, -0.25) is 4.79 Å². The third kappa shape index (κ3) is 1.02. The second-order valence-electron chi connectivity index (χ2n) is 4.37. The topological polar surface area (TPSA) is 17.1 Å². The van der Waals surface area contributed by atoms with Crippen LogP contribution in [0.25, 0.3) is 0 Å². The molecule has 0 radical (unpaired) electrons. The lowest BCUT2D eigenvalue weighted by molar-refractivity contribution is -0.118. The van der Waals surface area contributed by atoms with Crippen molar-refractivity contribution >= 4 is 5.78 Å². The molecule has 2 atom stereocenters. The van der Waals surface area contributed by atoms with Gasteiger partial charge in [0.25, 0.3) is 0 Å². The summed E-state index contributed by atoms with van der Waals surface area (Å²) in [6.45, 7) is 2.33. The summed E-state index contributed by atoms with van der Waals surface area (Å²) in [4.78, 5) is 11.1. The van der Waals surface area contributed by atoms with Gasteiger partial charge < -0.3 is 0 Å². The molecule has 0 aromatic heterocycles. The summed E-state index contributed by atoms with van der Waals surface area (Å²) < 4.78 is 0. The summed E-state index contributed by atoms with van der Waals surface area (Å²) in [5, 5.41) is 0. The first-order valence-corrected chi connectivity index (χ1v) is 4.75. The van der Waals surface area contributed by atoms with Crippen molar-refractivity contribution in [2.24, 2.45) is 11.3 Å². The van der Waals surface area contributed by atoms with Gasteiger partial charge in [-0.1, -0.05) is 19.8 Å². The Morgan fingerprint density at radius 2 is 2.27 bits per heavy atom. The fourth-order valence-electron chi connectivity index (χ4n) is 2.90. The van der Waals surface area contributed by atoms with Gasteiger partial charge in [-0.05, 0) is 24.2 Å². The van der Waals surface area contributed by atoms with E-state index in [1.165, 1.54) is 25.7 Å². The fraction of sp³-hybridized carbons (Fsp3) is 0.900. The Bertz CT molecular complexity index is 185. The van der Waals surface area contributed by atoms with E-state index in [9.17, 15) is 4.79 Å². The second kappa shape index (κ2) is 2.33. The molecule has 2 aliphatic carbocycles. The minimum Gasteiger partial charge on any atom is -0.300 e. The van der Waals surface area contributed by atoms with Crippen LogP contribution in [0.5, 0.6) is 0 Å². The number of hydrogen-bond acceptors (Lipinski definition) is 1. The van der Waals surface area contributed by atoms with Gasteiger partial charge in [0.1, 0.15) is 5.78 Å². The lowest BCUT2D eigenvalue weighted by Crippen LogP contribution is -2.19. The van der Waals surface area contributed by atoms with Crippen LogP contribution in [0.15, 0.2) is 0 Å². The minimum absolute atomic E-state index is 0.469. The summed E-state index contributed by atoms with van der Waals surface area (Å²) in [6, 6.07) is 0. The Balaban J connectivity index is 2.16. The molecule has 0 aliphatic heterocycles. The van der Waals surface area contributed by atoms with Crippen molar-refractivity contribution in [2.45, 2.75) is 45.4 Å². The van der Waals surface area contributed by atoms with E-state index in [1.807, 2.05) is 0 Å². The molecule has 2 rings (SSSR count). The Morgan fingerprint density at radius 3 is 2.73 bits per heavy atom. The first-order chi connectivity index (χ1) is 5.23. The van der Waals surface area contributed by atoms with E-state index >= 15 is 0 Å². The molecule has 1 heteroatoms. The molecule has 2 aliphatic rings. The maximum absolute atomic E-state index is 11.1. The van der Waals surface area contributed by atoms with Crippen molar-refractivity contribution < 1.29 is 4.79 Å². The molecule has 1 nitrogen and oxygen atoms in total. The van der Waals surface area contributed by atoms with E-state index in [0.29, 0.717) is 11.2 Å². The molecular weight excluding hydrogens is 136 g/mol. The van der Waals surface area contributed by atoms with Gasteiger partial charge in [-0.25, -0.2) is 0 Å². The predicted molar refractivity (Wildman–Crippen MR) is 44.3 cm³/mol. The van der Waals surface area contributed by atoms with Crippen LogP contribution in [0.1, 0.15) is 45.4 Å². The van der Waals surface area contributed by atoms with Gasteiger partial charge in [0.2, 0.25) is 0 Å². The maximum atomic E-state index is 11.1. The molecule has 11 heavy (non-hydrogen) atoms. The quantitative estimate of drug-likeness (QED) is 0.521. The average Bonchev–Trinajstić information content (AvgIpc) is 2.46. The van der Waals surface area contributed by atoms with Gasteiger partial charge in [0.15, 0.2) is 0 Å². The highest BCUT2D eigenvalue weighted by molar-refractivity contribution is 5.81. The molecule has 0 amide bonds. The Kier molecular flexibility index (Phi) is 1.55. The van der Waals surface area contributed by atoms with E-state index in [2.05, 4.69) is 6.92 Å². The van der Waals surface area contributed by atoms with Crippen molar-refractivity contribution in [2.75, 3.05) is 0 Å². The van der Waals surface area contributed by atoms with Crippen LogP contribution >= 0.6 is 0 Å². The molecule has 62 valence electrons. The Labute approximate surface area is 68.2 Å². The third-order valence-corrected chi connectivity index (χ3v) is 3.81. The van der Waals surface area contributed by atoms with Crippen LogP contribution in [-0.2, 0) is 4.79 Å². The van der Waals surface area contributed by atoms with Crippen LogP contribution in [0, 0.1) is 11.3 Å². The molecule has 0 aromatic rings. The van der Waals surface area contributed by atoms with Crippen molar-refractivity contribution in [3.63, 3.8) is 0 Å². The minimum atomic E-state index is 0.469. The molecule has 0 saturated heterocycles. The fourth-order valence-corrected chi connectivity index (χ4v) is 2.90. The van der Waals surface area contributed by atoms with Crippen LogP contribution in [0.2, 0.25) is 0 Å². The monoisotopic (exact) mass is 152 g/mol. The molecule has 0 unspecified atom stereocenters. The highest BCUT2D eigenvalue weighted by atomic mass is 16.1. The lowest BCUT2D eigenvalue weighted by Gasteiger charge is -2.27. The maximum Gasteiger partial charge on any atom is 0.133 e. The first-order valence-electron chi connectivity index (χ1n) is 4.75. The number of rotatable bonds is 0. The Hall–Kier alpha value is -0.330. The zero-order chi connectivity index (χ0) is 7.90. The highest BCUT2D eigenvalue weighted by Crippen LogP contribution is 2.52. The first kappa shape index (κ1) is 7.33. The second-order valence-corrected chi connectivity index (χ2v) is 4.37. The summed E-state index contributed by atoms with van der Waals surface area (Å²) in [6.07, 6.45) is 6.98. The van der Waals surface area contributed by atoms with E-state index in [0.717, 1.165) is 18.8 Å². The molecular formula is C10H16O. The number of ketones is 1. The summed E-state index contributed by atoms with van der Waals surface area (Å²) in [5.74, 6) is 1.33. The summed E-state index contributed by atoms with van der Waals surface area (Å²) >= 11 is 0. The normalized spacial score (nSPS) is 44.1. The molecule has 2 saturated carbocycles.